The van der Waals surface area contributed by atoms with Gasteiger partial charge in [0.1, 0.15) is 11.4 Å². The maximum absolute atomic E-state index is 13.0. The van der Waals surface area contributed by atoms with Gasteiger partial charge in [-0.05, 0) is 37.0 Å². The van der Waals surface area contributed by atoms with Crippen LogP contribution < -0.4 is 14.5 Å². The van der Waals surface area contributed by atoms with Gasteiger partial charge in [-0.25, -0.2) is 9.97 Å². The summed E-state index contributed by atoms with van der Waals surface area (Å²) in [6.07, 6.45) is 4.00. The number of carbonyl (C=O) groups excluding carboxylic acids is 1. The Morgan fingerprint density at radius 1 is 1.00 bits per heavy atom. The van der Waals surface area contributed by atoms with E-state index in [2.05, 4.69) is 32.8 Å². The highest BCUT2D eigenvalue weighted by atomic mass is 16.5. The van der Waals surface area contributed by atoms with Crippen molar-refractivity contribution in [3.8, 4) is 5.75 Å². The number of methoxy groups -OCH3 is 1. The molecule has 3 heterocycles. The normalized spacial score (nSPS) is 18.1. The van der Waals surface area contributed by atoms with E-state index in [1.54, 1.807) is 19.4 Å². The Bertz CT molecular complexity index is 843. The van der Waals surface area contributed by atoms with Crippen molar-refractivity contribution in [1.29, 1.82) is 0 Å². The van der Waals surface area contributed by atoms with Crippen molar-refractivity contribution < 1.29 is 9.53 Å². The molecule has 2 aliphatic heterocycles. The third kappa shape index (κ3) is 4.28. The fourth-order valence-electron chi connectivity index (χ4n) is 4.03. The van der Waals surface area contributed by atoms with Crippen LogP contribution in [0.4, 0.5) is 11.6 Å². The number of amides is 1. The van der Waals surface area contributed by atoms with Crippen LogP contribution in [0, 0.1) is 5.92 Å². The van der Waals surface area contributed by atoms with Crippen LogP contribution in [0.2, 0.25) is 0 Å². The zero-order chi connectivity index (χ0) is 20.2. The summed E-state index contributed by atoms with van der Waals surface area (Å²) in [6.45, 7) is 7.06. The van der Waals surface area contributed by atoms with Crippen LogP contribution >= 0.6 is 0 Å². The molecule has 4 rings (SSSR count). The van der Waals surface area contributed by atoms with Crippen LogP contribution in [0.3, 0.4) is 0 Å². The van der Waals surface area contributed by atoms with Gasteiger partial charge in [0.05, 0.1) is 12.8 Å². The van der Waals surface area contributed by atoms with E-state index in [1.807, 2.05) is 23.1 Å². The van der Waals surface area contributed by atoms with Crippen molar-refractivity contribution >= 4 is 17.5 Å². The standard InChI is InChI=1S/C22H29N5O2/c1-17-8-11-27(12-9-17)22-23-10-7-18(24-22)21(28)26-15-13-25(14-16-26)19-5-3-4-6-20(19)29-2/h3-7,10,17H,8-9,11-16H2,1-2H3. The number of rotatable bonds is 4. The highest BCUT2D eigenvalue weighted by molar-refractivity contribution is 5.92. The molecule has 0 bridgehead atoms. The van der Waals surface area contributed by atoms with E-state index in [1.165, 1.54) is 0 Å². The van der Waals surface area contributed by atoms with Crippen molar-refractivity contribution in [2.24, 2.45) is 5.92 Å². The average molecular weight is 396 g/mol. The molecule has 1 aromatic heterocycles. The maximum atomic E-state index is 13.0. The van der Waals surface area contributed by atoms with Gasteiger partial charge < -0.3 is 19.4 Å². The predicted octanol–water partition coefficient (Wildman–Crippen LogP) is 2.68. The fraction of sp³-hybridized carbons (Fsp3) is 0.500. The molecule has 1 amide bonds. The van der Waals surface area contributed by atoms with Crippen LogP contribution in [0.1, 0.15) is 30.3 Å². The summed E-state index contributed by atoms with van der Waals surface area (Å²) in [5, 5.41) is 0. The van der Waals surface area contributed by atoms with Crippen molar-refractivity contribution in [2.75, 3.05) is 56.2 Å². The summed E-state index contributed by atoms with van der Waals surface area (Å²) < 4.78 is 5.48. The van der Waals surface area contributed by atoms with E-state index in [4.69, 9.17) is 4.74 Å². The van der Waals surface area contributed by atoms with E-state index < -0.39 is 0 Å². The number of hydrogen-bond donors (Lipinski definition) is 0. The van der Waals surface area contributed by atoms with Crippen LogP contribution in [0.5, 0.6) is 5.75 Å². The molecule has 0 spiro atoms. The molecule has 0 atom stereocenters. The third-order valence-corrected chi connectivity index (χ3v) is 5.92. The minimum atomic E-state index is -0.0151. The molecule has 29 heavy (non-hydrogen) atoms. The van der Waals surface area contributed by atoms with Gasteiger partial charge in [0.15, 0.2) is 0 Å². The molecule has 7 heteroatoms. The predicted molar refractivity (Wildman–Crippen MR) is 114 cm³/mol. The lowest BCUT2D eigenvalue weighted by Crippen LogP contribution is -2.49. The molecule has 1 aromatic carbocycles. The topological polar surface area (TPSA) is 61.8 Å². The second-order valence-electron chi connectivity index (χ2n) is 7.86. The largest absolute Gasteiger partial charge is 0.495 e. The van der Waals surface area contributed by atoms with Crippen molar-refractivity contribution in [1.82, 2.24) is 14.9 Å². The maximum Gasteiger partial charge on any atom is 0.272 e. The van der Waals surface area contributed by atoms with E-state index >= 15 is 0 Å². The number of para-hydroxylation sites is 2. The number of ether oxygens (including phenoxy) is 1. The Hall–Kier alpha value is -2.83. The van der Waals surface area contributed by atoms with Crippen LogP contribution in [-0.4, -0.2) is 67.2 Å². The Kier molecular flexibility index (Phi) is 5.83. The molecular weight excluding hydrogens is 366 g/mol. The quantitative estimate of drug-likeness (QED) is 0.793. The lowest BCUT2D eigenvalue weighted by Gasteiger charge is -2.36. The molecule has 2 aliphatic rings. The van der Waals surface area contributed by atoms with Gasteiger partial charge in [0.2, 0.25) is 5.95 Å². The first-order valence-corrected chi connectivity index (χ1v) is 10.4. The summed E-state index contributed by atoms with van der Waals surface area (Å²) >= 11 is 0. The number of piperidine rings is 1. The van der Waals surface area contributed by atoms with E-state index in [0.29, 0.717) is 24.7 Å². The Morgan fingerprint density at radius 2 is 1.72 bits per heavy atom. The van der Waals surface area contributed by atoms with Gasteiger partial charge in [-0.1, -0.05) is 19.1 Å². The molecule has 7 nitrogen and oxygen atoms in total. The van der Waals surface area contributed by atoms with Gasteiger partial charge in [-0.3, -0.25) is 4.79 Å². The number of carbonyl (C=O) groups is 1. The first kappa shape index (κ1) is 19.5. The Labute approximate surface area is 172 Å². The zero-order valence-corrected chi connectivity index (χ0v) is 17.3. The zero-order valence-electron chi connectivity index (χ0n) is 17.3. The summed E-state index contributed by atoms with van der Waals surface area (Å²) in [4.78, 5) is 28.4. The smallest absolute Gasteiger partial charge is 0.272 e. The highest BCUT2D eigenvalue weighted by Gasteiger charge is 2.25. The van der Waals surface area contributed by atoms with Crippen LogP contribution in [-0.2, 0) is 0 Å². The van der Waals surface area contributed by atoms with Gasteiger partial charge in [-0.15, -0.1) is 0 Å². The van der Waals surface area contributed by atoms with Crippen molar-refractivity contribution in [3.05, 3.63) is 42.2 Å². The summed E-state index contributed by atoms with van der Waals surface area (Å²) in [5.41, 5.74) is 1.56. The van der Waals surface area contributed by atoms with Crippen molar-refractivity contribution in [3.63, 3.8) is 0 Å². The van der Waals surface area contributed by atoms with E-state index in [9.17, 15) is 4.79 Å². The molecule has 0 unspecified atom stereocenters. The van der Waals surface area contributed by atoms with Gasteiger partial charge in [-0.2, -0.15) is 0 Å². The molecular formula is C22H29N5O2. The molecule has 0 aliphatic carbocycles. The third-order valence-electron chi connectivity index (χ3n) is 5.92. The molecule has 2 saturated heterocycles. The number of nitrogens with zero attached hydrogens (tertiary/aromatic N) is 5. The average Bonchev–Trinajstić information content (AvgIpc) is 2.79. The van der Waals surface area contributed by atoms with Gasteiger partial charge >= 0.3 is 0 Å². The van der Waals surface area contributed by atoms with Crippen molar-refractivity contribution in [2.45, 2.75) is 19.8 Å². The van der Waals surface area contributed by atoms with E-state index in [-0.39, 0.29) is 5.91 Å². The molecule has 0 radical (unpaired) electrons. The number of benzene rings is 1. The lowest BCUT2D eigenvalue weighted by atomic mass is 10.00. The summed E-state index contributed by atoms with van der Waals surface area (Å²) in [7, 11) is 1.69. The van der Waals surface area contributed by atoms with E-state index in [0.717, 1.165) is 56.4 Å². The first-order valence-electron chi connectivity index (χ1n) is 10.4. The highest BCUT2D eigenvalue weighted by Crippen LogP contribution is 2.28. The van der Waals surface area contributed by atoms with Crippen LogP contribution in [0.15, 0.2) is 36.5 Å². The lowest BCUT2D eigenvalue weighted by molar-refractivity contribution is 0.0740. The second-order valence-corrected chi connectivity index (χ2v) is 7.86. The number of piperazine rings is 1. The Morgan fingerprint density at radius 3 is 2.45 bits per heavy atom. The molecule has 0 N–H and O–H groups in total. The molecule has 2 aromatic rings. The minimum Gasteiger partial charge on any atom is -0.495 e. The first-order chi connectivity index (χ1) is 14.2. The van der Waals surface area contributed by atoms with Gasteiger partial charge in [0, 0.05) is 45.5 Å². The summed E-state index contributed by atoms with van der Waals surface area (Å²) in [5.74, 6) is 2.27. The SMILES string of the molecule is COc1ccccc1N1CCN(C(=O)c2ccnc(N3CCC(C)CC3)n2)CC1. The molecule has 154 valence electrons. The van der Waals surface area contributed by atoms with Crippen LogP contribution in [0.25, 0.3) is 0 Å². The number of anilines is 2. The molecule has 2 fully saturated rings. The summed E-state index contributed by atoms with van der Waals surface area (Å²) in [6, 6.07) is 9.74. The molecule has 0 saturated carbocycles. The second kappa shape index (κ2) is 8.68. The monoisotopic (exact) mass is 395 g/mol. The fourth-order valence-corrected chi connectivity index (χ4v) is 4.03. The minimum absolute atomic E-state index is 0.0151. The number of hydrogen-bond acceptors (Lipinski definition) is 6. The number of aromatic nitrogens is 2. The Balaban J connectivity index is 1.40. The van der Waals surface area contributed by atoms with Gasteiger partial charge in [0.25, 0.3) is 5.91 Å².